The molecule has 1 heterocycles. The zero-order valence-electron chi connectivity index (χ0n) is 12.4. The molecule has 0 amide bonds. The molecule has 1 fully saturated rings. The number of aliphatic hydroxyl groups excluding tert-OH is 1. The van der Waals surface area contributed by atoms with Crippen molar-refractivity contribution in [3.8, 4) is 0 Å². The van der Waals surface area contributed by atoms with Gasteiger partial charge in [-0.05, 0) is 25.0 Å². The number of rotatable bonds is 4. The summed E-state index contributed by atoms with van der Waals surface area (Å²) in [5.74, 6) is -3.14. The third-order valence-corrected chi connectivity index (χ3v) is 3.86. The molecule has 0 saturated carbocycles. The topological polar surface area (TPSA) is 35.5 Å². The van der Waals surface area contributed by atoms with E-state index in [2.05, 4.69) is 5.32 Å². The maximum atomic E-state index is 14.3. The number of nitrogens with zero attached hydrogens (tertiary/aromatic N) is 1. The molecule has 1 aliphatic rings. The lowest BCUT2D eigenvalue weighted by Crippen LogP contribution is -2.51. The summed E-state index contributed by atoms with van der Waals surface area (Å²) in [6.07, 6.45) is 0. The second kappa shape index (κ2) is 7.49. The summed E-state index contributed by atoms with van der Waals surface area (Å²) >= 11 is 0. The Morgan fingerprint density at radius 2 is 1.90 bits per heavy atom. The first-order chi connectivity index (χ1) is 9.45. The van der Waals surface area contributed by atoms with Gasteiger partial charge >= 0.3 is 0 Å². The minimum atomic E-state index is -3.14. The van der Waals surface area contributed by atoms with Gasteiger partial charge in [0.2, 0.25) is 0 Å². The minimum absolute atomic E-state index is 0. The van der Waals surface area contributed by atoms with E-state index in [0.717, 1.165) is 11.1 Å². The molecule has 0 aliphatic carbocycles. The van der Waals surface area contributed by atoms with Gasteiger partial charge in [-0.3, -0.25) is 4.90 Å². The molecule has 1 aliphatic heterocycles. The molecule has 6 heteroatoms. The van der Waals surface area contributed by atoms with Gasteiger partial charge in [-0.1, -0.05) is 23.8 Å². The van der Waals surface area contributed by atoms with E-state index in [1.54, 1.807) is 4.90 Å². The Labute approximate surface area is 130 Å². The van der Waals surface area contributed by atoms with E-state index in [4.69, 9.17) is 5.11 Å². The molecule has 1 saturated heterocycles. The van der Waals surface area contributed by atoms with E-state index in [0.29, 0.717) is 31.7 Å². The SMILES string of the molecule is Cc1ccc(C)c([C@H](N2CCNCC2)C(F)(F)CO)c1.Cl. The van der Waals surface area contributed by atoms with Gasteiger partial charge < -0.3 is 10.4 Å². The van der Waals surface area contributed by atoms with Gasteiger partial charge in [0, 0.05) is 26.2 Å². The van der Waals surface area contributed by atoms with Crippen LogP contribution in [0.25, 0.3) is 0 Å². The lowest BCUT2D eigenvalue weighted by Gasteiger charge is -2.39. The van der Waals surface area contributed by atoms with E-state index in [-0.39, 0.29) is 12.4 Å². The lowest BCUT2D eigenvalue weighted by molar-refractivity contribution is -0.118. The van der Waals surface area contributed by atoms with Crippen molar-refractivity contribution in [2.75, 3.05) is 32.8 Å². The van der Waals surface area contributed by atoms with Crippen LogP contribution in [0, 0.1) is 13.8 Å². The van der Waals surface area contributed by atoms with Gasteiger partial charge in [0.15, 0.2) is 0 Å². The number of hydrogen-bond donors (Lipinski definition) is 2. The van der Waals surface area contributed by atoms with E-state index >= 15 is 0 Å². The van der Waals surface area contributed by atoms with Gasteiger partial charge in [0.25, 0.3) is 5.92 Å². The Morgan fingerprint density at radius 1 is 1.29 bits per heavy atom. The van der Waals surface area contributed by atoms with Crippen LogP contribution in [0.1, 0.15) is 22.7 Å². The summed E-state index contributed by atoms with van der Waals surface area (Å²) in [4.78, 5) is 1.77. The largest absolute Gasteiger partial charge is 0.390 e. The number of aryl methyl sites for hydroxylation is 2. The molecule has 120 valence electrons. The summed E-state index contributed by atoms with van der Waals surface area (Å²) in [6.45, 7) is 5.13. The van der Waals surface area contributed by atoms with Gasteiger partial charge in [0.1, 0.15) is 12.6 Å². The van der Waals surface area contributed by atoms with Gasteiger partial charge in [-0.2, -0.15) is 0 Å². The fourth-order valence-electron chi connectivity index (χ4n) is 2.77. The van der Waals surface area contributed by atoms with Gasteiger partial charge in [-0.15, -0.1) is 12.4 Å². The van der Waals surface area contributed by atoms with Crippen LogP contribution < -0.4 is 5.32 Å². The molecule has 2 N–H and O–H groups in total. The number of piperazine rings is 1. The number of alkyl halides is 2. The first kappa shape index (κ1) is 18.3. The zero-order chi connectivity index (χ0) is 14.8. The summed E-state index contributed by atoms with van der Waals surface area (Å²) in [6, 6.07) is 4.54. The van der Waals surface area contributed by atoms with Crippen LogP contribution >= 0.6 is 12.4 Å². The minimum Gasteiger partial charge on any atom is -0.390 e. The average Bonchev–Trinajstić information content (AvgIpc) is 2.44. The molecule has 1 aromatic rings. The van der Waals surface area contributed by atoms with Crippen LogP contribution in [0.4, 0.5) is 8.78 Å². The summed E-state index contributed by atoms with van der Waals surface area (Å²) < 4.78 is 28.6. The van der Waals surface area contributed by atoms with Crippen molar-refractivity contribution in [1.29, 1.82) is 0 Å². The zero-order valence-corrected chi connectivity index (χ0v) is 13.2. The van der Waals surface area contributed by atoms with Crippen LogP contribution in [0.15, 0.2) is 18.2 Å². The Balaban J connectivity index is 0.00000220. The summed E-state index contributed by atoms with van der Waals surface area (Å²) in [5, 5.41) is 12.3. The average molecular weight is 321 g/mol. The quantitative estimate of drug-likeness (QED) is 0.893. The van der Waals surface area contributed by atoms with Crippen molar-refractivity contribution in [2.45, 2.75) is 25.8 Å². The number of hydrogen-bond acceptors (Lipinski definition) is 3. The third-order valence-electron chi connectivity index (χ3n) is 3.86. The molecule has 2 rings (SSSR count). The predicted molar refractivity (Wildman–Crippen MR) is 82.4 cm³/mol. The molecule has 0 aromatic heterocycles. The molecular formula is C15H23ClF2N2O. The molecule has 0 radical (unpaired) electrons. The first-order valence-corrected chi connectivity index (χ1v) is 6.96. The van der Waals surface area contributed by atoms with E-state index in [1.807, 2.05) is 32.0 Å². The van der Waals surface area contributed by atoms with Crippen molar-refractivity contribution >= 4 is 12.4 Å². The maximum absolute atomic E-state index is 14.3. The highest BCUT2D eigenvalue weighted by Gasteiger charge is 2.44. The molecule has 0 spiro atoms. The highest BCUT2D eigenvalue weighted by atomic mass is 35.5. The monoisotopic (exact) mass is 320 g/mol. The molecule has 21 heavy (non-hydrogen) atoms. The second-order valence-corrected chi connectivity index (χ2v) is 5.47. The van der Waals surface area contributed by atoms with E-state index in [1.165, 1.54) is 0 Å². The van der Waals surface area contributed by atoms with Crippen molar-refractivity contribution < 1.29 is 13.9 Å². The standard InChI is InChI=1S/C15H22F2N2O.ClH/c1-11-3-4-12(2)13(9-11)14(15(16,17)10-20)19-7-5-18-6-8-19;/h3-4,9,14,18,20H,5-8,10H2,1-2H3;1H/t14-;/m0./s1. The molecule has 1 aromatic carbocycles. The fraction of sp³-hybridized carbons (Fsp3) is 0.600. The summed E-state index contributed by atoms with van der Waals surface area (Å²) in [5.41, 5.74) is 2.41. The molecule has 1 atom stereocenters. The lowest BCUT2D eigenvalue weighted by atomic mass is 9.93. The number of nitrogens with one attached hydrogen (secondary N) is 1. The van der Waals surface area contributed by atoms with Crippen molar-refractivity contribution in [2.24, 2.45) is 0 Å². The van der Waals surface area contributed by atoms with Crippen LogP contribution in [0.2, 0.25) is 0 Å². The number of aliphatic hydroxyl groups is 1. The normalized spacial score (nSPS) is 18.1. The van der Waals surface area contributed by atoms with Crippen LogP contribution in [0.3, 0.4) is 0 Å². The van der Waals surface area contributed by atoms with E-state index < -0.39 is 18.6 Å². The Morgan fingerprint density at radius 3 is 2.48 bits per heavy atom. The second-order valence-electron chi connectivity index (χ2n) is 5.47. The molecule has 0 bridgehead atoms. The molecule has 3 nitrogen and oxygen atoms in total. The summed E-state index contributed by atoms with van der Waals surface area (Å²) in [7, 11) is 0. The van der Waals surface area contributed by atoms with Crippen LogP contribution in [0.5, 0.6) is 0 Å². The van der Waals surface area contributed by atoms with Crippen molar-refractivity contribution in [3.05, 3.63) is 34.9 Å². The Kier molecular flexibility index (Phi) is 6.53. The van der Waals surface area contributed by atoms with Gasteiger partial charge in [0.05, 0.1) is 0 Å². The predicted octanol–water partition coefficient (Wildman–Crippen LogP) is 2.30. The highest BCUT2D eigenvalue weighted by Crippen LogP contribution is 2.38. The fourth-order valence-corrected chi connectivity index (χ4v) is 2.77. The van der Waals surface area contributed by atoms with Crippen LogP contribution in [-0.2, 0) is 0 Å². The molecular weight excluding hydrogens is 298 g/mol. The van der Waals surface area contributed by atoms with Crippen molar-refractivity contribution in [1.82, 2.24) is 10.2 Å². The number of benzene rings is 1. The third kappa shape index (κ3) is 4.13. The Hall–Kier alpha value is -0.750. The number of halogens is 3. The van der Waals surface area contributed by atoms with E-state index in [9.17, 15) is 8.78 Å². The van der Waals surface area contributed by atoms with Gasteiger partial charge in [-0.25, -0.2) is 8.78 Å². The molecule has 0 unspecified atom stereocenters. The maximum Gasteiger partial charge on any atom is 0.289 e. The van der Waals surface area contributed by atoms with Crippen LogP contribution in [-0.4, -0.2) is 48.7 Å². The Bertz CT molecular complexity index is 465. The van der Waals surface area contributed by atoms with Crippen molar-refractivity contribution in [3.63, 3.8) is 0 Å². The first-order valence-electron chi connectivity index (χ1n) is 6.96. The smallest absolute Gasteiger partial charge is 0.289 e. The highest BCUT2D eigenvalue weighted by molar-refractivity contribution is 5.85.